The third-order valence-electron chi connectivity index (χ3n) is 7.67. The number of urea groups is 1. The minimum Gasteiger partial charge on any atom is -0.381 e. The molecule has 0 atom stereocenters. The smallest absolute Gasteiger partial charge is 0.321 e. The van der Waals surface area contributed by atoms with Gasteiger partial charge in [-0.15, -0.1) is 0 Å². The monoisotopic (exact) mass is 555 g/mol. The largest absolute Gasteiger partial charge is 0.381 e. The van der Waals surface area contributed by atoms with Crippen molar-refractivity contribution in [2.75, 3.05) is 36.9 Å². The first kappa shape index (κ1) is 30.1. The molecule has 7 heteroatoms. The van der Waals surface area contributed by atoms with Gasteiger partial charge in [0.2, 0.25) is 0 Å². The molecule has 3 amide bonds. The summed E-state index contributed by atoms with van der Waals surface area (Å²) in [7, 11) is 1.81. The molecule has 3 aromatic rings. The quantitative estimate of drug-likeness (QED) is 0.195. The van der Waals surface area contributed by atoms with Gasteiger partial charge in [0.15, 0.2) is 0 Å². The zero-order valence-corrected chi connectivity index (χ0v) is 24.6. The highest BCUT2D eigenvalue weighted by Crippen LogP contribution is 2.26. The molecule has 0 aromatic heterocycles. The Hall–Kier alpha value is -3.84. The van der Waals surface area contributed by atoms with Crippen LogP contribution in [0.15, 0.2) is 72.8 Å². The first-order valence-corrected chi connectivity index (χ1v) is 15.1. The van der Waals surface area contributed by atoms with E-state index in [1.807, 2.05) is 66.7 Å². The molecule has 7 nitrogen and oxygen atoms in total. The Morgan fingerprint density at radius 3 is 2.37 bits per heavy atom. The van der Waals surface area contributed by atoms with E-state index in [0.717, 1.165) is 66.8 Å². The highest BCUT2D eigenvalue weighted by Gasteiger charge is 2.16. The second-order valence-electron chi connectivity index (χ2n) is 10.8. The highest BCUT2D eigenvalue weighted by molar-refractivity contribution is 5.95. The molecule has 3 N–H and O–H groups in total. The molecule has 1 aliphatic rings. The highest BCUT2D eigenvalue weighted by atomic mass is 16.2. The molecule has 0 bridgehead atoms. The molecule has 3 aromatic carbocycles. The molecule has 0 spiro atoms. The molecule has 218 valence electrons. The van der Waals surface area contributed by atoms with Crippen LogP contribution >= 0.6 is 0 Å². The van der Waals surface area contributed by atoms with Crippen LogP contribution in [0.1, 0.15) is 74.2 Å². The van der Waals surface area contributed by atoms with Gasteiger partial charge in [0.25, 0.3) is 5.91 Å². The maximum absolute atomic E-state index is 13.0. The van der Waals surface area contributed by atoms with Gasteiger partial charge in [-0.1, -0.05) is 81.5 Å². The Kier molecular flexibility index (Phi) is 11.6. The van der Waals surface area contributed by atoms with Crippen molar-refractivity contribution in [3.05, 3.63) is 83.9 Å². The zero-order chi connectivity index (χ0) is 28.9. The van der Waals surface area contributed by atoms with Crippen molar-refractivity contribution in [3.8, 4) is 11.1 Å². The lowest BCUT2D eigenvalue weighted by atomic mass is 10.0. The van der Waals surface area contributed by atoms with Gasteiger partial charge < -0.3 is 10.6 Å². The van der Waals surface area contributed by atoms with E-state index >= 15 is 0 Å². The summed E-state index contributed by atoms with van der Waals surface area (Å²) in [6.07, 6.45) is 9.33. The van der Waals surface area contributed by atoms with Crippen LogP contribution in [0.2, 0.25) is 0 Å². The van der Waals surface area contributed by atoms with E-state index < -0.39 is 0 Å². The van der Waals surface area contributed by atoms with Crippen LogP contribution in [0, 0.1) is 0 Å². The van der Waals surface area contributed by atoms with Crippen LogP contribution < -0.4 is 21.0 Å². The van der Waals surface area contributed by atoms with E-state index in [-0.39, 0.29) is 11.9 Å². The van der Waals surface area contributed by atoms with Crippen LogP contribution in [-0.4, -0.2) is 43.6 Å². The van der Waals surface area contributed by atoms with E-state index in [0.29, 0.717) is 18.7 Å². The van der Waals surface area contributed by atoms with Crippen molar-refractivity contribution in [2.24, 2.45) is 0 Å². The fourth-order valence-corrected chi connectivity index (χ4v) is 5.14. The molecular formula is C34H45N5O2. The molecular weight excluding hydrogens is 510 g/mol. The first-order chi connectivity index (χ1) is 20.0. The predicted octanol–water partition coefficient (Wildman–Crippen LogP) is 7.21. The number of nitrogens with zero attached hydrogens (tertiary/aromatic N) is 2. The topological polar surface area (TPSA) is 76.7 Å². The number of carbonyl (C=O) groups excluding carboxylic acids is 2. The molecule has 0 unspecified atom stereocenters. The van der Waals surface area contributed by atoms with E-state index in [9.17, 15) is 9.59 Å². The third-order valence-corrected chi connectivity index (χ3v) is 7.67. The Balaban J connectivity index is 1.32. The Morgan fingerprint density at radius 1 is 0.829 bits per heavy atom. The van der Waals surface area contributed by atoms with Crippen LogP contribution in [0.3, 0.4) is 0 Å². The molecule has 41 heavy (non-hydrogen) atoms. The predicted molar refractivity (Wildman–Crippen MR) is 169 cm³/mol. The fraction of sp³-hybridized carbons (Fsp3) is 0.412. The number of carbonyl (C=O) groups is 2. The first-order valence-electron chi connectivity index (χ1n) is 15.1. The average Bonchev–Trinajstić information content (AvgIpc) is 3.02. The van der Waals surface area contributed by atoms with Crippen LogP contribution in [0.5, 0.6) is 0 Å². The maximum atomic E-state index is 13.0. The van der Waals surface area contributed by atoms with E-state index in [2.05, 4.69) is 41.2 Å². The molecule has 0 saturated carbocycles. The lowest BCUT2D eigenvalue weighted by molar-refractivity contribution is 0.0749. The van der Waals surface area contributed by atoms with Gasteiger partial charge in [-0.3, -0.25) is 15.1 Å². The van der Waals surface area contributed by atoms with Gasteiger partial charge in [-0.25, -0.2) is 9.80 Å². The van der Waals surface area contributed by atoms with Crippen molar-refractivity contribution < 1.29 is 9.59 Å². The second kappa shape index (κ2) is 15.8. The Labute approximate surface area is 245 Å². The van der Waals surface area contributed by atoms with Gasteiger partial charge in [-0.2, -0.15) is 0 Å². The van der Waals surface area contributed by atoms with Gasteiger partial charge in [0.05, 0.1) is 0 Å². The molecule has 1 aliphatic heterocycles. The summed E-state index contributed by atoms with van der Waals surface area (Å²) in [5.74, 6) is -0.0508. The molecule has 1 saturated heterocycles. The number of nitrogens with one attached hydrogen (secondary N) is 3. The van der Waals surface area contributed by atoms with Gasteiger partial charge in [-0.05, 0) is 66.3 Å². The number of amides is 3. The minimum atomic E-state index is -0.0814. The summed E-state index contributed by atoms with van der Waals surface area (Å²) in [6, 6.07) is 24.0. The molecule has 1 heterocycles. The maximum Gasteiger partial charge on any atom is 0.321 e. The number of unbranched alkanes of at least 4 members (excludes halogenated alkanes) is 4. The van der Waals surface area contributed by atoms with E-state index in [1.165, 1.54) is 25.7 Å². The van der Waals surface area contributed by atoms with Gasteiger partial charge >= 0.3 is 6.03 Å². The molecule has 0 radical (unpaired) electrons. The number of hydrogen-bond acceptors (Lipinski definition) is 4. The SMILES string of the molecule is CCCCCCCNC(=O)N(C)c1cccc(-c2ccc(NCc3ccccc3C(=O)NN3CCCCC3)cc2)c1. The number of hydrazine groups is 1. The van der Waals surface area contributed by atoms with Crippen molar-refractivity contribution in [3.63, 3.8) is 0 Å². The molecule has 1 fully saturated rings. The Morgan fingerprint density at radius 2 is 1.59 bits per heavy atom. The zero-order valence-electron chi connectivity index (χ0n) is 24.6. The van der Waals surface area contributed by atoms with Crippen molar-refractivity contribution in [1.29, 1.82) is 0 Å². The lowest BCUT2D eigenvalue weighted by Crippen LogP contribution is -2.45. The van der Waals surface area contributed by atoms with Crippen LogP contribution in [0.4, 0.5) is 16.2 Å². The second-order valence-corrected chi connectivity index (χ2v) is 10.8. The number of hydrogen-bond donors (Lipinski definition) is 3. The molecule has 4 rings (SSSR count). The number of piperidine rings is 1. The van der Waals surface area contributed by atoms with Crippen LogP contribution in [-0.2, 0) is 6.54 Å². The average molecular weight is 556 g/mol. The summed E-state index contributed by atoms with van der Waals surface area (Å²) in [4.78, 5) is 27.3. The molecule has 0 aliphatic carbocycles. The third kappa shape index (κ3) is 9.08. The standard InChI is InChI=1S/C34H45N5O2/c1-3-4-5-6-10-22-35-34(41)38(2)31-16-13-15-28(25-31)27-18-20-30(21-19-27)36-26-29-14-8-9-17-32(29)33(40)37-39-23-11-7-12-24-39/h8-9,13-21,25,36H,3-7,10-12,22-24,26H2,1-2H3,(H,35,41)(H,37,40). The summed E-state index contributed by atoms with van der Waals surface area (Å²) >= 11 is 0. The fourth-order valence-electron chi connectivity index (χ4n) is 5.14. The van der Waals surface area contributed by atoms with Crippen LogP contribution in [0.25, 0.3) is 11.1 Å². The van der Waals surface area contributed by atoms with Crippen molar-refractivity contribution in [1.82, 2.24) is 15.8 Å². The van der Waals surface area contributed by atoms with E-state index in [1.54, 1.807) is 4.90 Å². The van der Waals surface area contributed by atoms with Gasteiger partial charge in [0, 0.05) is 50.2 Å². The minimum absolute atomic E-state index is 0.0508. The number of anilines is 2. The van der Waals surface area contributed by atoms with Crippen molar-refractivity contribution in [2.45, 2.75) is 64.8 Å². The van der Waals surface area contributed by atoms with Crippen molar-refractivity contribution >= 4 is 23.3 Å². The summed E-state index contributed by atoms with van der Waals surface area (Å²) < 4.78 is 0. The summed E-state index contributed by atoms with van der Waals surface area (Å²) in [5, 5.41) is 8.53. The summed E-state index contributed by atoms with van der Waals surface area (Å²) in [5.41, 5.74) is 8.69. The Bertz CT molecular complexity index is 1250. The number of rotatable bonds is 13. The van der Waals surface area contributed by atoms with Gasteiger partial charge in [0.1, 0.15) is 0 Å². The lowest BCUT2D eigenvalue weighted by Gasteiger charge is -2.27. The number of benzene rings is 3. The summed E-state index contributed by atoms with van der Waals surface area (Å²) in [6.45, 7) is 5.27. The normalized spacial score (nSPS) is 13.4. The van der Waals surface area contributed by atoms with E-state index in [4.69, 9.17) is 0 Å².